The van der Waals surface area contributed by atoms with Crippen molar-refractivity contribution in [1.82, 2.24) is 0 Å². The third kappa shape index (κ3) is 10.7. The third-order valence-electron chi connectivity index (χ3n) is 5.01. The van der Waals surface area contributed by atoms with Gasteiger partial charge >= 0.3 is 11.9 Å². The van der Waals surface area contributed by atoms with Gasteiger partial charge in [0.15, 0.2) is 0 Å². The van der Waals surface area contributed by atoms with Crippen LogP contribution >= 0.6 is 0 Å². The molecular formula is C20H38O4. The van der Waals surface area contributed by atoms with E-state index in [9.17, 15) is 9.59 Å². The number of carbonyl (C=O) groups is 2. The predicted octanol–water partition coefficient (Wildman–Crippen LogP) is 5.89. The van der Waals surface area contributed by atoms with E-state index in [0.717, 1.165) is 38.5 Å². The lowest BCUT2D eigenvalue weighted by molar-refractivity contribution is -0.148. The van der Waals surface area contributed by atoms with Crippen molar-refractivity contribution in [1.29, 1.82) is 0 Å². The highest BCUT2D eigenvalue weighted by Crippen LogP contribution is 2.25. The average molecular weight is 343 g/mol. The monoisotopic (exact) mass is 342 g/mol. The molecule has 0 fully saturated rings. The summed E-state index contributed by atoms with van der Waals surface area (Å²) in [6.07, 6.45) is 13.1. The van der Waals surface area contributed by atoms with Crippen LogP contribution in [0.25, 0.3) is 0 Å². The van der Waals surface area contributed by atoms with Crippen LogP contribution < -0.4 is 0 Å². The van der Waals surface area contributed by atoms with Crippen LogP contribution in [0.3, 0.4) is 0 Å². The van der Waals surface area contributed by atoms with Crippen LogP contribution in [0, 0.1) is 10.8 Å². The minimum atomic E-state index is -0.700. The van der Waals surface area contributed by atoms with Crippen LogP contribution in [0.15, 0.2) is 0 Å². The number of carboxylic acids is 2. The van der Waals surface area contributed by atoms with Crippen LogP contribution in [0.1, 0.15) is 105 Å². The Morgan fingerprint density at radius 1 is 0.542 bits per heavy atom. The van der Waals surface area contributed by atoms with Gasteiger partial charge in [0.05, 0.1) is 10.8 Å². The smallest absolute Gasteiger partial charge is 0.309 e. The van der Waals surface area contributed by atoms with Crippen molar-refractivity contribution in [3.63, 3.8) is 0 Å². The van der Waals surface area contributed by atoms with Crippen LogP contribution in [-0.4, -0.2) is 22.2 Å². The first kappa shape index (κ1) is 22.9. The van der Waals surface area contributed by atoms with Gasteiger partial charge in [0.2, 0.25) is 0 Å². The van der Waals surface area contributed by atoms with E-state index >= 15 is 0 Å². The molecular weight excluding hydrogens is 304 g/mol. The van der Waals surface area contributed by atoms with E-state index in [1.54, 1.807) is 27.7 Å². The highest BCUT2D eigenvalue weighted by Gasteiger charge is 2.26. The Labute approximate surface area is 148 Å². The minimum Gasteiger partial charge on any atom is -0.481 e. The van der Waals surface area contributed by atoms with Gasteiger partial charge in [0, 0.05) is 0 Å². The van der Waals surface area contributed by atoms with E-state index < -0.39 is 22.8 Å². The number of carboxylic acid groups (broad SMARTS) is 2. The lowest BCUT2D eigenvalue weighted by atomic mass is 9.87. The third-order valence-corrected chi connectivity index (χ3v) is 5.01. The maximum absolute atomic E-state index is 11.0. The summed E-state index contributed by atoms with van der Waals surface area (Å²) < 4.78 is 0. The van der Waals surface area contributed by atoms with Crippen molar-refractivity contribution in [2.24, 2.45) is 10.8 Å². The second-order valence-electron chi connectivity index (χ2n) is 8.41. The molecule has 0 aliphatic carbocycles. The van der Waals surface area contributed by atoms with Crippen LogP contribution in [0.5, 0.6) is 0 Å². The van der Waals surface area contributed by atoms with Crippen molar-refractivity contribution < 1.29 is 19.8 Å². The Morgan fingerprint density at radius 3 is 0.958 bits per heavy atom. The SMILES string of the molecule is CC(C)(CCCCCCCCCCCCC(C)(C)C(=O)O)C(=O)O. The van der Waals surface area contributed by atoms with Gasteiger partial charge in [-0.25, -0.2) is 0 Å². The molecule has 24 heavy (non-hydrogen) atoms. The molecule has 142 valence electrons. The summed E-state index contributed by atoms with van der Waals surface area (Å²) in [6.45, 7) is 7.19. The minimum absolute atomic E-state index is 0.588. The van der Waals surface area contributed by atoms with Gasteiger partial charge in [-0.05, 0) is 40.5 Å². The van der Waals surface area contributed by atoms with Gasteiger partial charge in [0.1, 0.15) is 0 Å². The molecule has 0 aliphatic heterocycles. The summed E-state index contributed by atoms with van der Waals surface area (Å²) in [4.78, 5) is 22.0. The maximum atomic E-state index is 11.0. The Balaban J connectivity index is 3.38. The molecule has 0 spiro atoms. The summed E-state index contributed by atoms with van der Waals surface area (Å²) in [5.74, 6) is -1.40. The predicted molar refractivity (Wildman–Crippen MR) is 98.2 cm³/mol. The Hall–Kier alpha value is -1.06. The molecule has 0 bridgehead atoms. The van der Waals surface area contributed by atoms with Crippen molar-refractivity contribution in [2.45, 2.75) is 105 Å². The maximum Gasteiger partial charge on any atom is 0.309 e. The number of unbranched alkanes of at least 4 members (excludes halogenated alkanes) is 9. The summed E-state index contributed by atoms with van der Waals surface area (Å²) in [5, 5.41) is 18.1. The average Bonchev–Trinajstić information content (AvgIpc) is 2.47. The van der Waals surface area contributed by atoms with E-state index in [4.69, 9.17) is 10.2 Å². The van der Waals surface area contributed by atoms with Gasteiger partial charge < -0.3 is 10.2 Å². The molecule has 0 radical (unpaired) electrons. The molecule has 0 heterocycles. The number of rotatable bonds is 15. The summed E-state index contributed by atoms with van der Waals surface area (Å²) in [7, 11) is 0. The molecule has 0 amide bonds. The fourth-order valence-corrected chi connectivity index (χ4v) is 2.76. The second kappa shape index (κ2) is 11.5. The van der Waals surface area contributed by atoms with Crippen LogP contribution in [0.2, 0.25) is 0 Å². The summed E-state index contributed by atoms with van der Waals surface area (Å²) in [6, 6.07) is 0. The van der Waals surface area contributed by atoms with Crippen LogP contribution in [0.4, 0.5) is 0 Å². The molecule has 4 nitrogen and oxygen atoms in total. The highest BCUT2D eigenvalue weighted by atomic mass is 16.4. The van der Waals surface area contributed by atoms with Gasteiger partial charge in [0.25, 0.3) is 0 Å². The van der Waals surface area contributed by atoms with Crippen LogP contribution in [-0.2, 0) is 9.59 Å². The first-order chi connectivity index (χ1) is 11.1. The molecule has 4 heteroatoms. The summed E-state index contributed by atoms with van der Waals surface area (Å²) in [5.41, 5.74) is -1.18. The normalized spacial score (nSPS) is 12.3. The molecule has 0 aromatic rings. The van der Waals surface area contributed by atoms with Crippen molar-refractivity contribution in [3.05, 3.63) is 0 Å². The lowest BCUT2D eigenvalue weighted by Crippen LogP contribution is -2.23. The van der Waals surface area contributed by atoms with E-state index in [2.05, 4.69) is 0 Å². The zero-order valence-corrected chi connectivity index (χ0v) is 16.2. The van der Waals surface area contributed by atoms with Gasteiger partial charge in [-0.3, -0.25) is 9.59 Å². The van der Waals surface area contributed by atoms with E-state index in [-0.39, 0.29) is 0 Å². The Morgan fingerprint density at radius 2 is 0.750 bits per heavy atom. The first-order valence-corrected chi connectivity index (χ1v) is 9.56. The zero-order valence-electron chi connectivity index (χ0n) is 16.2. The van der Waals surface area contributed by atoms with Crippen molar-refractivity contribution in [2.75, 3.05) is 0 Å². The van der Waals surface area contributed by atoms with Gasteiger partial charge in [-0.2, -0.15) is 0 Å². The fraction of sp³-hybridized carbons (Fsp3) is 0.900. The lowest BCUT2D eigenvalue weighted by Gasteiger charge is -2.18. The second-order valence-corrected chi connectivity index (χ2v) is 8.41. The standard InChI is InChI=1S/C20H38O4/c1-19(2,17(21)22)15-13-11-9-7-5-6-8-10-12-14-16-20(3,4)18(23)24/h5-16H2,1-4H3,(H,21,22)(H,23,24). The molecule has 2 N–H and O–H groups in total. The molecule has 0 aromatic carbocycles. The van der Waals surface area contributed by atoms with E-state index in [1.165, 1.54) is 38.5 Å². The van der Waals surface area contributed by atoms with E-state index in [0.29, 0.717) is 0 Å². The Kier molecular flexibility index (Phi) is 11.0. The zero-order chi connectivity index (χ0) is 18.6. The van der Waals surface area contributed by atoms with Crippen molar-refractivity contribution >= 4 is 11.9 Å². The van der Waals surface area contributed by atoms with Gasteiger partial charge in [-0.15, -0.1) is 0 Å². The quantitative estimate of drug-likeness (QED) is 0.364. The molecule has 0 aromatic heterocycles. The molecule has 0 unspecified atom stereocenters. The van der Waals surface area contributed by atoms with E-state index in [1.807, 2.05) is 0 Å². The molecule has 0 saturated carbocycles. The number of hydrogen-bond donors (Lipinski definition) is 2. The fourth-order valence-electron chi connectivity index (χ4n) is 2.76. The first-order valence-electron chi connectivity index (χ1n) is 9.56. The molecule has 0 saturated heterocycles. The topological polar surface area (TPSA) is 74.6 Å². The van der Waals surface area contributed by atoms with Gasteiger partial charge in [-0.1, -0.05) is 64.2 Å². The molecule has 0 atom stereocenters. The molecule has 0 rings (SSSR count). The largest absolute Gasteiger partial charge is 0.481 e. The van der Waals surface area contributed by atoms with Crippen molar-refractivity contribution in [3.8, 4) is 0 Å². The highest BCUT2D eigenvalue weighted by molar-refractivity contribution is 5.73. The molecule has 0 aliphatic rings. The summed E-state index contributed by atoms with van der Waals surface area (Å²) >= 11 is 0. The Bertz CT molecular complexity index is 336. The number of aliphatic carboxylic acids is 2. The number of hydrogen-bond acceptors (Lipinski definition) is 2.